The van der Waals surface area contributed by atoms with Crippen molar-refractivity contribution in [1.29, 1.82) is 0 Å². The number of hydrogen-bond donors (Lipinski definition) is 1. The summed E-state index contributed by atoms with van der Waals surface area (Å²) in [5.41, 5.74) is 1.09. The van der Waals surface area contributed by atoms with Gasteiger partial charge >= 0.3 is 5.97 Å². The van der Waals surface area contributed by atoms with Crippen LogP contribution in [0.1, 0.15) is 38.2 Å². The summed E-state index contributed by atoms with van der Waals surface area (Å²) in [5.74, 6) is 1.47. The van der Waals surface area contributed by atoms with E-state index in [9.17, 15) is 4.79 Å². The van der Waals surface area contributed by atoms with Crippen LogP contribution >= 0.6 is 24.0 Å². The number of carbonyl (C=O) groups excluding carboxylic acids is 1. The van der Waals surface area contributed by atoms with Gasteiger partial charge in [0.2, 0.25) is 5.88 Å². The van der Waals surface area contributed by atoms with Crippen LogP contribution in [-0.4, -0.2) is 55.2 Å². The first-order valence-corrected chi connectivity index (χ1v) is 9.75. The van der Waals surface area contributed by atoms with Crippen molar-refractivity contribution in [3.05, 3.63) is 23.9 Å². The molecule has 0 spiro atoms. The number of nitrogens with zero attached hydrogens (tertiary/aromatic N) is 3. The van der Waals surface area contributed by atoms with Crippen molar-refractivity contribution in [2.75, 3.05) is 27.2 Å². The van der Waals surface area contributed by atoms with Gasteiger partial charge in [0.15, 0.2) is 5.96 Å². The average Bonchev–Trinajstić information content (AvgIpc) is 3.32. The Bertz CT molecular complexity index is 679. The molecular formula is C20H31IN4O3. The highest BCUT2D eigenvalue weighted by Crippen LogP contribution is 2.25. The predicted octanol–water partition coefficient (Wildman–Crippen LogP) is 2.84. The van der Waals surface area contributed by atoms with Crippen LogP contribution in [0.5, 0.6) is 5.88 Å². The van der Waals surface area contributed by atoms with Gasteiger partial charge < -0.3 is 19.7 Å². The number of carbonyl (C=O) groups is 1. The lowest BCUT2D eigenvalue weighted by atomic mass is 9.99. The summed E-state index contributed by atoms with van der Waals surface area (Å²) in [6.07, 6.45) is 6.80. The van der Waals surface area contributed by atoms with E-state index in [1.165, 1.54) is 20.0 Å². The third-order valence-electron chi connectivity index (χ3n) is 5.47. The molecular weight excluding hydrogens is 471 g/mol. The maximum Gasteiger partial charge on any atom is 0.310 e. The summed E-state index contributed by atoms with van der Waals surface area (Å²) in [7, 11) is 3.21. The molecule has 0 bridgehead atoms. The molecule has 1 aliphatic heterocycles. The second-order valence-electron chi connectivity index (χ2n) is 7.44. The van der Waals surface area contributed by atoms with Gasteiger partial charge in [-0.25, -0.2) is 4.98 Å². The zero-order valence-electron chi connectivity index (χ0n) is 16.9. The first-order chi connectivity index (χ1) is 13.1. The van der Waals surface area contributed by atoms with E-state index in [4.69, 9.17) is 9.47 Å². The number of esters is 1. The number of hydrogen-bond acceptors (Lipinski definition) is 5. The molecule has 8 heteroatoms. The van der Waals surface area contributed by atoms with Crippen LogP contribution in [0, 0.1) is 11.8 Å². The van der Waals surface area contributed by atoms with Crippen LogP contribution in [0.15, 0.2) is 23.3 Å². The van der Waals surface area contributed by atoms with E-state index in [1.807, 2.05) is 12.1 Å². The van der Waals surface area contributed by atoms with E-state index in [2.05, 4.69) is 27.1 Å². The fraction of sp³-hybridized carbons (Fsp3) is 0.650. The molecule has 1 aliphatic carbocycles. The highest BCUT2D eigenvalue weighted by molar-refractivity contribution is 14.0. The quantitative estimate of drug-likeness (QED) is 0.289. The Morgan fingerprint density at radius 2 is 2.11 bits per heavy atom. The molecule has 1 aromatic heterocycles. The van der Waals surface area contributed by atoms with E-state index in [0.29, 0.717) is 25.1 Å². The summed E-state index contributed by atoms with van der Waals surface area (Å²) in [6, 6.07) is 3.97. The van der Waals surface area contributed by atoms with Crippen molar-refractivity contribution in [3.8, 4) is 5.88 Å². The molecule has 2 heterocycles. The summed E-state index contributed by atoms with van der Waals surface area (Å²) >= 11 is 0. The number of ether oxygens (including phenoxy) is 2. The van der Waals surface area contributed by atoms with Gasteiger partial charge in [0.05, 0.1) is 13.0 Å². The third kappa shape index (κ3) is 5.71. The molecule has 0 aromatic carbocycles. The molecule has 7 nitrogen and oxygen atoms in total. The van der Waals surface area contributed by atoms with Gasteiger partial charge in [-0.1, -0.05) is 6.92 Å². The second-order valence-corrected chi connectivity index (χ2v) is 7.44. The number of pyridine rings is 1. The molecule has 0 radical (unpaired) electrons. The van der Waals surface area contributed by atoms with Crippen LogP contribution in [0.3, 0.4) is 0 Å². The lowest BCUT2D eigenvalue weighted by Gasteiger charge is -2.21. The molecule has 3 rings (SSSR count). The summed E-state index contributed by atoms with van der Waals surface area (Å²) in [4.78, 5) is 22.7. The van der Waals surface area contributed by atoms with Crippen molar-refractivity contribution in [1.82, 2.24) is 15.2 Å². The van der Waals surface area contributed by atoms with Crippen LogP contribution in [-0.2, 0) is 16.1 Å². The minimum atomic E-state index is -0.150. The Balaban J connectivity index is 0.00000280. The molecule has 2 aliphatic rings. The minimum absolute atomic E-state index is 0. The summed E-state index contributed by atoms with van der Waals surface area (Å²) < 4.78 is 10.9. The van der Waals surface area contributed by atoms with Crippen molar-refractivity contribution in [2.45, 2.75) is 45.3 Å². The van der Waals surface area contributed by atoms with E-state index in [-0.39, 0.29) is 41.8 Å². The van der Waals surface area contributed by atoms with E-state index in [0.717, 1.165) is 30.9 Å². The smallest absolute Gasteiger partial charge is 0.310 e. The van der Waals surface area contributed by atoms with Crippen molar-refractivity contribution in [3.63, 3.8) is 0 Å². The number of methoxy groups -OCH3 is 1. The van der Waals surface area contributed by atoms with Gasteiger partial charge in [0.1, 0.15) is 6.10 Å². The molecule has 156 valence electrons. The predicted molar refractivity (Wildman–Crippen MR) is 119 cm³/mol. The van der Waals surface area contributed by atoms with Crippen LogP contribution in [0.2, 0.25) is 0 Å². The van der Waals surface area contributed by atoms with Gasteiger partial charge in [0, 0.05) is 38.9 Å². The number of guanidine groups is 1. The van der Waals surface area contributed by atoms with Crippen LogP contribution in [0.25, 0.3) is 0 Å². The number of rotatable bonds is 5. The first kappa shape index (κ1) is 22.7. The summed E-state index contributed by atoms with van der Waals surface area (Å²) in [5, 5.41) is 3.39. The number of likely N-dealkylation sites (tertiary alicyclic amines) is 1. The highest BCUT2D eigenvalue weighted by Gasteiger charge is 2.36. The van der Waals surface area contributed by atoms with Crippen LogP contribution < -0.4 is 10.1 Å². The molecule has 2 atom stereocenters. The van der Waals surface area contributed by atoms with Gasteiger partial charge in [-0.05, 0) is 43.2 Å². The lowest BCUT2D eigenvalue weighted by molar-refractivity contribution is -0.145. The highest BCUT2D eigenvalue weighted by atomic mass is 127. The minimum Gasteiger partial charge on any atom is -0.474 e. The van der Waals surface area contributed by atoms with Crippen molar-refractivity contribution in [2.24, 2.45) is 16.8 Å². The molecule has 2 fully saturated rings. The van der Waals surface area contributed by atoms with Gasteiger partial charge in [-0.15, -0.1) is 24.0 Å². The van der Waals surface area contributed by atoms with E-state index < -0.39 is 0 Å². The van der Waals surface area contributed by atoms with Crippen molar-refractivity contribution < 1.29 is 14.3 Å². The molecule has 1 aromatic rings. The average molecular weight is 502 g/mol. The van der Waals surface area contributed by atoms with E-state index >= 15 is 0 Å². The SMILES string of the molecule is CN=C(NCc1ccnc(OC2CCCC2)c1)N1CC(C)C(C(=O)OC)C1.I. The Morgan fingerprint density at radius 3 is 2.79 bits per heavy atom. The summed E-state index contributed by atoms with van der Waals surface area (Å²) in [6.45, 7) is 4.11. The Hall–Kier alpha value is -1.58. The molecule has 1 saturated carbocycles. The maximum atomic E-state index is 11.9. The first-order valence-electron chi connectivity index (χ1n) is 9.75. The molecule has 1 saturated heterocycles. The zero-order chi connectivity index (χ0) is 19.2. The lowest BCUT2D eigenvalue weighted by Crippen LogP contribution is -2.40. The number of halogens is 1. The second kappa shape index (κ2) is 10.8. The fourth-order valence-electron chi connectivity index (χ4n) is 3.91. The van der Waals surface area contributed by atoms with Gasteiger partial charge in [-0.3, -0.25) is 9.79 Å². The third-order valence-corrected chi connectivity index (χ3v) is 5.47. The fourth-order valence-corrected chi connectivity index (χ4v) is 3.91. The maximum absolute atomic E-state index is 11.9. The Labute approximate surface area is 184 Å². The standard InChI is InChI=1S/C20H30N4O3.HI/c1-14-12-24(13-17(14)19(25)26-3)20(21-2)23-11-15-8-9-22-18(10-15)27-16-6-4-5-7-16;/h8-10,14,16-17H,4-7,11-13H2,1-3H3,(H,21,23);1H. The van der Waals surface area contributed by atoms with Crippen LogP contribution in [0.4, 0.5) is 0 Å². The normalized spacial score (nSPS) is 22.7. The monoisotopic (exact) mass is 502 g/mol. The topological polar surface area (TPSA) is 76.1 Å². The Morgan fingerprint density at radius 1 is 1.36 bits per heavy atom. The van der Waals surface area contributed by atoms with Crippen molar-refractivity contribution >= 4 is 35.9 Å². The molecule has 1 N–H and O–H groups in total. The number of aromatic nitrogens is 1. The zero-order valence-corrected chi connectivity index (χ0v) is 19.2. The number of nitrogens with one attached hydrogen (secondary N) is 1. The number of aliphatic imine (C=N–C) groups is 1. The van der Waals surface area contributed by atoms with Gasteiger partial charge in [-0.2, -0.15) is 0 Å². The van der Waals surface area contributed by atoms with Gasteiger partial charge in [0.25, 0.3) is 0 Å². The molecule has 2 unspecified atom stereocenters. The van der Waals surface area contributed by atoms with E-state index in [1.54, 1.807) is 13.2 Å². The molecule has 28 heavy (non-hydrogen) atoms. The molecule has 0 amide bonds. The largest absolute Gasteiger partial charge is 0.474 e. The Kier molecular flexibility index (Phi) is 8.78.